The van der Waals surface area contributed by atoms with Crippen molar-refractivity contribution in [3.8, 4) is 12.3 Å². The summed E-state index contributed by atoms with van der Waals surface area (Å²) in [4.78, 5) is 43.8. The van der Waals surface area contributed by atoms with E-state index in [1.54, 1.807) is 0 Å². The number of fused-ring (bicyclic) bond motifs is 1. The minimum atomic E-state index is -5.74. The second-order valence-electron chi connectivity index (χ2n) is 6.60. The number of rotatable bonds is 8. The third-order valence-electron chi connectivity index (χ3n) is 4.30. The van der Waals surface area contributed by atoms with Crippen molar-refractivity contribution >= 4 is 35.2 Å². The monoisotopic (exact) mass is 533 g/mol. The maximum absolute atomic E-state index is 11.9. The molecule has 9 N–H and O–H groups in total. The lowest BCUT2D eigenvalue weighted by Gasteiger charge is -2.28. The van der Waals surface area contributed by atoms with E-state index < -0.39 is 54.1 Å². The van der Waals surface area contributed by atoms with Gasteiger partial charge in [-0.2, -0.15) is 8.62 Å². The van der Waals surface area contributed by atoms with Crippen molar-refractivity contribution in [2.24, 2.45) is 10.7 Å². The van der Waals surface area contributed by atoms with Crippen LogP contribution in [-0.2, 0) is 38.1 Å². The summed E-state index contributed by atoms with van der Waals surface area (Å²) < 4.78 is 52.3. The molecular formula is C12H18N5O13P3. The number of guanidine groups is 1. The number of aromatic nitrogens is 2. The Labute approximate surface area is 184 Å². The molecule has 6 atom stereocenters. The van der Waals surface area contributed by atoms with Gasteiger partial charge in [0.15, 0.2) is 17.8 Å². The van der Waals surface area contributed by atoms with Crippen molar-refractivity contribution in [3.63, 3.8) is 0 Å². The van der Waals surface area contributed by atoms with Gasteiger partial charge in [-0.25, -0.2) is 23.7 Å². The van der Waals surface area contributed by atoms with Gasteiger partial charge in [0.05, 0.1) is 19.5 Å². The van der Waals surface area contributed by atoms with E-state index in [1.807, 2.05) is 5.92 Å². The Kier molecular flexibility index (Phi) is 6.95. The van der Waals surface area contributed by atoms with Gasteiger partial charge in [0.25, 0.3) is 0 Å². The summed E-state index contributed by atoms with van der Waals surface area (Å²) in [5, 5.41) is 24.0. The van der Waals surface area contributed by atoms with Crippen LogP contribution in [0.5, 0.6) is 0 Å². The largest absolute Gasteiger partial charge is 0.490 e. The molecule has 33 heavy (non-hydrogen) atoms. The number of nitrogens with zero attached hydrogens (tertiary/aromatic N) is 3. The molecule has 3 heterocycles. The van der Waals surface area contributed by atoms with Crippen LogP contribution in [-0.4, -0.2) is 69.7 Å². The van der Waals surface area contributed by atoms with E-state index >= 15 is 0 Å². The van der Waals surface area contributed by atoms with Gasteiger partial charge in [-0.3, -0.25) is 9.09 Å². The quantitative estimate of drug-likeness (QED) is 0.134. The Morgan fingerprint density at radius 3 is 2.58 bits per heavy atom. The van der Waals surface area contributed by atoms with Crippen LogP contribution in [0.4, 0.5) is 5.82 Å². The molecule has 1 saturated heterocycles. The molecule has 184 valence electrons. The molecule has 21 heteroatoms. The Hall–Kier alpha value is -1.67. The molecule has 3 rings (SSSR count). The minimum Gasteiger partial charge on any atom is -0.386 e. The van der Waals surface area contributed by atoms with Crippen molar-refractivity contribution < 1.29 is 61.4 Å². The highest BCUT2D eigenvalue weighted by molar-refractivity contribution is 7.66. The number of terminal acetylenes is 1. The van der Waals surface area contributed by atoms with Gasteiger partial charge in [-0.05, 0) is 0 Å². The lowest BCUT2D eigenvalue weighted by molar-refractivity contribution is -0.0726. The zero-order valence-corrected chi connectivity index (χ0v) is 18.8. The standard InChI is InChI=1S/C12H18N5O13P3/c1-2-12(19)8(18)7(4-27-32(23,24)30-33(25,26)29-31(20,21)22)28-10(12)17-5-15-6-3-14-11(13)16-9(6)17/h1,5,7-8,10,18-19H,3-4H2,(H,23,24)(H,25,26)(H3,13,14,16)(H2,20,21,22)/t7-,8+,10-,12?/m1/s1. The molecule has 2 aliphatic heterocycles. The summed E-state index contributed by atoms with van der Waals surface area (Å²) in [6, 6.07) is 0. The zero-order valence-electron chi connectivity index (χ0n) is 16.1. The second-order valence-corrected chi connectivity index (χ2v) is 11.0. The first-order chi connectivity index (χ1) is 15.1. The topological polar surface area (TPSA) is 278 Å². The SMILES string of the molecule is C#CC1(O)[C@@H](O)[C@@H](COP(=O)(O)OP(=O)(O)OP(=O)(O)O)O[C@H]1n1cnc2c1NC(N)=NC2. The molecule has 0 amide bonds. The summed E-state index contributed by atoms with van der Waals surface area (Å²) in [6.45, 7) is -0.945. The molecule has 0 aliphatic carbocycles. The highest BCUT2D eigenvalue weighted by Crippen LogP contribution is 2.66. The predicted molar refractivity (Wildman–Crippen MR) is 105 cm³/mol. The normalized spacial score (nSPS) is 30.9. The number of hydrogen-bond acceptors (Lipinski definition) is 13. The summed E-state index contributed by atoms with van der Waals surface area (Å²) in [7, 11) is -16.8. The van der Waals surface area contributed by atoms with Crippen LogP contribution in [0.15, 0.2) is 11.3 Å². The highest BCUT2D eigenvalue weighted by atomic mass is 31.3. The Morgan fingerprint density at radius 2 is 1.97 bits per heavy atom. The van der Waals surface area contributed by atoms with Crippen LogP contribution < -0.4 is 11.1 Å². The highest BCUT2D eigenvalue weighted by Gasteiger charge is 2.57. The van der Waals surface area contributed by atoms with Crippen LogP contribution in [0.1, 0.15) is 11.9 Å². The van der Waals surface area contributed by atoms with Crippen molar-refractivity contribution in [1.82, 2.24) is 9.55 Å². The molecule has 3 unspecified atom stereocenters. The number of aliphatic hydroxyl groups is 2. The number of aliphatic imine (C=N–C) groups is 1. The zero-order chi connectivity index (χ0) is 24.8. The van der Waals surface area contributed by atoms with Crippen molar-refractivity contribution in [1.29, 1.82) is 0 Å². The Morgan fingerprint density at radius 1 is 1.30 bits per heavy atom. The molecule has 18 nitrogen and oxygen atoms in total. The molecule has 1 fully saturated rings. The van der Waals surface area contributed by atoms with Crippen LogP contribution in [0, 0.1) is 12.3 Å². The summed E-state index contributed by atoms with van der Waals surface area (Å²) in [5.41, 5.74) is 3.61. The van der Waals surface area contributed by atoms with Crippen molar-refractivity contribution in [2.45, 2.75) is 30.6 Å². The van der Waals surface area contributed by atoms with Gasteiger partial charge in [0, 0.05) is 0 Å². The number of phosphoric acid groups is 3. The predicted octanol–water partition coefficient (Wildman–Crippen LogP) is -1.91. The van der Waals surface area contributed by atoms with E-state index in [9.17, 15) is 33.7 Å². The van der Waals surface area contributed by atoms with Crippen LogP contribution in [0.2, 0.25) is 0 Å². The average Bonchev–Trinajstić information content (AvgIpc) is 3.16. The third-order valence-corrected chi connectivity index (χ3v) is 8.10. The van der Waals surface area contributed by atoms with Gasteiger partial charge in [-0.15, -0.1) is 6.42 Å². The van der Waals surface area contributed by atoms with Gasteiger partial charge in [0.1, 0.15) is 23.7 Å². The molecule has 1 aromatic rings. The molecule has 2 aliphatic rings. The van der Waals surface area contributed by atoms with Gasteiger partial charge >= 0.3 is 23.5 Å². The first-order valence-corrected chi connectivity index (χ1v) is 13.0. The number of phosphoric ester groups is 1. The second kappa shape index (κ2) is 8.84. The summed E-state index contributed by atoms with van der Waals surface area (Å²) >= 11 is 0. The molecule has 0 saturated carbocycles. The maximum atomic E-state index is 11.9. The van der Waals surface area contributed by atoms with Crippen LogP contribution >= 0.6 is 23.5 Å². The Bertz CT molecular complexity index is 1140. The molecular weight excluding hydrogens is 515 g/mol. The molecule has 0 bridgehead atoms. The van der Waals surface area contributed by atoms with Gasteiger partial charge < -0.3 is 45.6 Å². The number of anilines is 1. The maximum Gasteiger partial charge on any atom is 0.490 e. The average molecular weight is 533 g/mol. The first-order valence-electron chi connectivity index (χ1n) is 8.51. The van der Waals surface area contributed by atoms with E-state index in [1.165, 1.54) is 10.9 Å². The van der Waals surface area contributed by atoms with E-state index in [4.69, 9.17) is 26.7 Å². The van der Waals surface area contributed by atoms with Gasteiger partial charge in [-0.1, -0.05) is 5.92 Å². The number of imidazole rings is 1. The number of ether oxygens (including phenoxy) is 1. The first kappa shape index (κ1) is 25.9. The molecule has 0 spiro atoms. The summed E-state index contributed by atoms with van der Waals surface area (Å²) in [6.07, 6.45) is 1.54. The molecule has 1 aromatic heterocycles. The van der Waals surface area contributed by atoms with Gasteiger partial charge in [0.2, 0.25) is 0 Å². The van der Waals surface area contributed by atoms with Crippen LogP contribution in [0.3, 0.4) is 0 Å². The molecule has 0 radical (unpaired) electrons. The minimum absolute atomic E-state index is 0.0243. The number of nitrogens with two attached hydrogens (primary N) is 1. The smallest absolute Gasteiger partial charge is 0.386 e. The van der Waals surface area contributed by atoms with Crippen LogP contribution in [0.25, 0.3) is 0 Å². The van der Waals surface area contributed by atoms with Crippen molar-refractivity contribution in [2.75, 3.05) is 11.9 Å². The fourth-order valence-corrected chi connectivity index (χ4v) is 5.99. The van der Waals surface area contributed by atoms with E-state index in [0.29, 0.717) is 5.69 Å². The van der Waals surface area contributed by atoms with Crippen molar-refractivity contribution in [3.05, 3.63) is 12.0 Å². The fourth-order valence-electron chi connectivity index (χ4n) is 2.96. The Balaban J connectivity index is 1.75. The number of aliphatic hydroxyl groups excluding tert-OH is 1. The van der Waals surface area contributed by atoms with E-state index in [2.05, 4.69) is 28.4 Å². The third kappa shape index (κ3) is 5.70. The molecule has 0 aromatic carbocycles. The number of nitrogens with one attached hydrogen (secondary N) is 1. The van der Waals surface area contributed by atoms with E-state index in [0.717, 1.165) is 0 Å². The number of hydrogen-bond donors (Lipinski definition) is 8. The lowest BCUT2D eigenvalue weighted by atomic mass is 9.95. The fraction of sp³-hybridized carbons (Fsp3) is 0.500. The summed E-state index contributed by atoms with van der Waals surface area (Å²) in [5.74, 6) is 2.23. The van der Waals surface area contributed by atoms with E-state index in [-0.39, 0.29) is 18.3 Å². The lowest BCUT2D eigenvalue weighted by Crippen LogP contribution is -2.46.